The standard InChI is InChI=1S/C10H18N2O2S2/c1-3-12(8-10-5-4-6-15-10)16(13,14)9(2)7-11/h4-6,9H,3,7-8,11H2,1-2H3. The average molecular weight is 262 g/mol. The third-order valence-corrected chi connectivity index (χ3v) is 5.64. The van der Waals surface area contributed by atoms with Crippen molar-refractivity contribution in [3.63, 3.8) is 0 Å². The molecule has 2 N–H and O–H groups in total. The fourth-order valence-corrected chi connectivity index (χ4v) is 3.57. The molecule has 16 heavy (non-hydrogen) atoms. The van der Waals surface area contributed by atoms with Crippen LogP contribution < -0.4 is 5.73 Å². The summed E-state index contributed by atoms with van der Waals surface area (Å²) in [6.45, 7) is 4.56. The van der Waals surface area contributed by atoms with E-state index < -0.39 is 15.3 Å². The molecule has 0 bridgehead atoms. The van der Waals surface area contributed by atoms with Gasteiger partial charge in [0.1, 0.15) is 0 Å². The summed E-state index contributed by atoms with van der Waals surface area (Å²) in [7, 11) is -3.26. The van der Waals surface area contributed by atoms with Gasteiger partial charge in [-0.05, 0) is 18.4 Å². The van der Waals surface area contributed by atoms with Crippen LogP contribution in [0.1, 0.15) is 18.7 Å². The van der Waals surface area contributed by atoms with Crippen molar-refractivity contribution in [3.05, 3.63) is 22.4 Å². The first-order valence-corrected chi connectivity index (χ1v) is 7.62. The van der Waals surface area contributed by atoms with Crippen molar-refractivity contribution in [2.45, 2.75) is 25.6 Å². The van der Waals surface area contributed by atoms with Crippen LogP contribution >= 0.6 is 11.3 Å². The maximum atomic E-state index is 12.1. The van der Waals surface area contributed by atoms with E-state index >= 15 is 0 Å². The van der Waals surface area contributed by atoms with E-state index in [0.29, 0.717) is 13.1 Å². The van der Waals surface area contributed by atoms with Gasteiger partial charge < -0.3 is 5.73 Å². The molecule has 1 heterocycles. The molecule has 0 spiro atoms. The van der Waals surface area contributed by atoms with Crippen LogP contribution in [0.5, 0.6) is 0 Å². The predicted molar refractivity (Wildman–Crippen MR) is 67.8 cm³/mol. The van der Waals surface area contributed by atoms with Crippen molar-refractivity contribution in [1.82, 2.24) is 4.31 Å². The van der Waals surface area contributed by atoms with Crippen molar-refractivity contribution >= 4 is 21.4 Å². The number of thiophene rings is 1. The summed E-state index contributed by atoms with van der Waals surface area (Å²) in [5, 5.41) is 1.43. The zero-order valence-electron chi connectivity index (χ0n) is 9.59. The molecule has 0 aliphatic heterocycles. The van der Waals surface area contributed by atoms with Crippen LogP contribution in [-0.4, -0.2) is 31.1 Å². The Hall–Kier alpha value is -0.430. The maximum Gasteiger partial charge on any atom is 0.218 e. The molecule has 0 aromatic carbocycles. The Kier molecular flexibility index (Phi) is 4.91. The lowest BCUT2D eigenvalue weighted by Gasteiger charge is -2.23. The van der Waals surface area contributed by atoms with E-state index in [1.807, 2.05) is 24.4 Å². The summed E-state index contributed by atoms with van der Waals surface area (Å²) in [4.78, 5) is 1.05. The first-order chi connectivity index (χ1) is 7.52. The lowest BCUT2D eigenvalue weighted by Crippen LogP contribution is -2.40. The van der Waals surface area contributed by atoms with E-state index in [1.165, 1.54) is 4.31 Å². The van der Waals surface area contributed by atoms with Crippen molar-refractivity contribution in [3.8, 4) is 0 Å². The smallest absolute Gasteiger partial charge is 0.218 e. The predicted octanol–water partition coefficient (Wildman–Crippen LogP) is 1.25. The Bertz CT molecular complexity index is 400. The first kappa shape index (κ1) is 13.6. The molecule has 0 aliphatic carbocycles. The topological polar surface area (TPSA) is 63.4 Å². The number of nitrogens with zero attached hydrogens (tertiary/aromatic N) is 1. The molecular weight excluding hydrogens is 244 g/mol. The molecule has 6 heteroatoms. The zero-order valence-corrected chi connectivity index (χ0v) is 11.2. The molecule has 0 radical (unpaired) electrons. The number of sulfonamides is 1. The largest absolute Gasteiger partial charge is 0.329 e. The van der Waals surface area contributed by atoms with Gasteiger partial charge in [0, 0.05) is 24.5 Å². The Balaban J connectivity index is 2.82. The molecule has 4 nitrogen and oxygen atoms in total. The molecule has 1 rings (SSSR count). The summed E-state index contributed by atoms with van der Waals surface area (Å²) in [6, 6.07) is 3.86. The lowest BCUT2D eigenvalue weighted by molar-refractivity contribution is 0.419. The maximum absolute atomic E-state index is 12.1. The normalized spacial score (nSPS) is 14.2. The molecule has 0 saturated carbocycles. The average Bonchev–Trinajstić information content (AvgIpc) is 2.76. The molecule has 0 fully saturated rings. The van der Waals surface area contributed by atoms with Gasteiger partial charge in [-0.15, -0.1) is 11.3 Å². The van der Waals surface area contributed by atoms with Crippen molar-refractivity contribution in [2.24, 2.45) is 5.73 Å². The molecule has 92 valence electrons. The lowest BCUT2D eigenvalue weighted by atomic mass is 10.4. The fourth-order valence-electron chi connectivity index (χ4n) is 1.33. The van der Waals surface area contributed by atoms with Gasteiger partial charge in [-0.25, -0.2) is 8.42 Å². The third-order valence-electron chi connectivity index (χ3n) is 2.47. The summed E-state index contributed by atoms with van der Waals surface area (Å²) < 4.78 is 25.6. The van der Waals surface area contributed by atoms with Crippen molar-refractivity contribution in [2.75, 3.05) is 13.1 Å². The van der Waals surface area contributed by atoms with Gasteiger partial charge >= 0.3 is 0 Å². The Morgan fingerprint density at radius 1 is 1.56 bits per heavy atom. The second-order valence-electron chi connectivity index (χ2n) is 3.60. The third kappa shape index (κ3) is 3.04. The Labute approximate surface area is 101 Å². The SMILES string of the molecule is CCN(Cc1cccs1)S(=O)(=O)C(C)CN. The van der Waals surface area contributed by atoms with Crippen LogP contribution in [0.3, 0.4) is 0 Å². The summed E-state index contributed by atoms with van der Waals surface area (Å²) in [6.07, 6.45) is 0. The molecule has 0 aliphatic rings. The second-order valence-corrected chi connectivity index (χ2v) is 6.98. The summed E-state index contributed by atoms with van der Waals surface area (Å²) in [5.74, 6) is 0. The summed E-state index contributed by atoms with van der Waals surface area (Å²) >= 11 is 1.56. The van der Waals surface area contributed by atoms with E-state index in [0.717, 1.165) is 4.88 Å². The van der Waals surface area contributed by atoms with Crippen LogP contribution in [0, 0.1) is 0 Å². The van der Waals surface area contributed by atoms with Gasteiger partial charge in [-0.3, -0.25) is 0 Å². The number of rotatable bonds is 6. The Morgan fingerprint density at radius 2 is 2.25 bits per heavy atom. The number of nitrogens with two attached hydrogens (primary N) is 1. The Morgan fingerprint density at radius 3 is 2.69 bits per heavy atom. The quantitative estimate of drug-likeness (QED) is 0.839. The molecule has 0 saturated heterocycles. The van der Waals surface area contributed by atoms with Crippen LogP contribution in [0.2, 0.25) is 0 Å². The van der Waals surface area contributed by atoms with E-state index in [9.17, 15) is 8.42 Å². The van der Waals surface area contributed by atoms with Crippen molar-refractivity contribution in [1.29, 1.82) is 0 Å². The van der Waals surface area contributed by atoms with Gasteiger partial charge in [0.25, 0.3) is 0 Å². The minimum absolute atomic E-state index is 0.156. The highest BCUT2D eigenvalue weighted by Gasteiger charge is 2.26. The minimum atomic E-state index is -3.26. The molecule has 1 unspecified atom stereocenters. The van der Waals surface area contributed by atoms with E-state index in [-0.39, 0.29) is 6.54 Å². The van der Waals surface area contributed by atoms with Crippen LogP contribution in [0.15, 0.2) is 17.5 Å². The molecule has 1 aromatic heterocycles. The first-order valence-electron chi connectivity index (χ1n) is 5.23. The zero-order chi connectivity index (χ0) is 12.2. The number of hydrogen-bond donors (Lipinski definition) is 1. The molecular formula is C10H18N2O2S2. The second kappa shape index (κ2) is 5.77. The van der Waals surface area contributed by atoms with Crippen LogP contribution in [0.4, 0.5) is 0 Å². The van der Waals surface area contributed by atoms with E-state index in [1.54, 1.807) is 18.3 Å². The molecule has 1 atom stereocenters. The van der Waals surface area contributed by atoms with Gasteiger partial charge in [0.05, 0.1) is 5.25 Å². The van der Waals surface area contributed by atoms with E-state index in [2.05, 4.69) is 0 Å². The number of hydrogen-bond acceptors (Lipinski definition) is 4. The fraction of sp³-hybridized carbons (Fsp3) is 0.600. The van der Waals surface area contributed by atoms with Gasteiger partial charge in [-0.2, -0.15) is 4.31 Å². The highest BCUT2D eigenvalue weighted by Crippen LogP contribution is 2.16. The van der Waals surface area contributed by atoms with Crippen LogP contribution in [0.25, 0.3) is 0 Å². The highest BCUT2D eigenvalue weighted by atomic mass is 32.2. The van der Waals surface area contributed by atoms with Gasteiger partial charge in [0.2, 0.25) is 10.0 Å². The highest BCUT2D eigenvalue weighted by molar-refractivity contribution is 7.89. The minimum Gasteiger partial charge on any atom is -0.329 e. The van der Waals surface area contributed by atoms with Gasteiger partial charge in [0.15, 0.2) is 0 Å². The van der Waals surface area contributed by atoms with E-state index in [4.69, 9.17) is 5.73 Å². The van der Waals surface area contributed by atoms with Gasteiger partial charge in [-0.1, -0.05) is 13.0 Å². The van der Waals surface area contributed by atoms with Crippen LogP contribution in [-0.2, 0) is 16.6 Å². The molecule has 0 amide bonds. The summed E-state index contributed by atoms with van der Waals surface area (Å²) in [5.41, 5.74) is 5.42. The molecule has 1 aromatic rings. The van der Waals surface area contributed by atoms with Crippen molar-refractivity contribution < 1.29 is 8.42 Å². The monoisotopic (exact) mass is 262 g/mol.